The summed E-state index contributed by atoms with van der Waals surface area (Å²) < 4.78 is 13.0. The summed E-state index contributed by atoms with van der Waals surface area (Å²) in [5, 5.41) is 4.22. The van der Waals surface area contributed by atoms with E-state index in [0.29, 0.717) is 30.1 Å². The third kappa shape index (κ3) is 3.37. The van der Waals surface area contributed by atoms with Crippen LogP contribution >= 0.6 is 0 Å². The highest BCUT2D eigenvalue weighted by atomic mass is 16.5. The van der Waals surface area contributed by atoms with Gasteiger partial charge >= 0.3 is 0 Å². The molecule has 2 atom stereocenters. The third-order valence-corrected chi connectivity index (χ3v) is 4.62. The molecule has 1 fully saturated rings. The molecular weight excluding hydrogens is 330 g/mol. The largest absolute Gasteiger partial charge is 0.495 e. The standard InChI is InChI=1S/C19H21N5O2/c1-12-20-9-17(14-7-22-24(2)10-14)19(23-12)26-11-13-6-16(13)18-5-4-15(25-3)8-21-18/h4-5,7-10,13,16H,6,11H2,1-3H3/t13-,16+/m1/s1. The van der Waals surface area contributed by atoms with Crippen LogP contribution in [-0.4, -0.2) is 38.4 Å². The fourth-order valence-electron chi connectivity index (χ4n) is 3.03. The monoisotopic (exact) mass is 351 g/mol. The molecule has 3 heterocycles. The van der Waals surface area contributed by atoms with E-state index in [0.717, 1.165) is 29.0 Å². The molecule has 3 aromatic rings. The van der Waals surface area contributed by atoms with Gasteiger partial charge in [0.1, 0.15) is 11.6 Å². The van der Waals surface area contributed by atoms with Crippen molar-refractivity contribution in [2.75, 3.05) is 13.7 Å². The van der Waals surface area contributed by atoms with Crippen molar-refractivity contribution in [2.24, 2.45) is 13.0 Å². The minimum Gasteiger partial charge on any atom is -0.495 e. The van der Waals surface area contributed by atoms with Crippen molar-refractivity contribution in [1.29, 1.82) is 0 Å². The smallest absolute Gasteiger partial charge is 0.224 e. The lowest BCUT2D eigenvalue weighted by atomic mass is 10.2. The van der Waals surface area contributed by atoms with Crippen LogP contribution in [0.15, 0.2) is 36.9 Å². The Morgan fingerprint density at radius 2 is 2.08 bits per heavy atom. The van der Waals surface area contributed by atoms with E-state index in [-0.39, 0.29) is 0 Å². The first kappa shape index (κ1) is 16.5. The summed E-state index contributed by atoms with van der Waals surface area (Å²) in [6.45, 7) is 2.48. The van der Waals surface area contributed by atoms with Crippen molar-refractivity contribution in [3.05, 3.63) is 48.4 Å². The fraction of sp³-hybridized carbons (Fsp3) is 0.368. The summed E-state index contributed by atoms with van der Waals surface area (Å²) in [5.74, 6) is 2.97. The zero-order valence-electron chi connectivity index (χ0n) is 15.1. The van der Waals surface area contributed by atoms with Gasteiger partial charge in [-0.15, -0.1) is 0 Å². The summed E-state index contributed by atoms with van der Waals surface area (Å²) in [5.41, 5.74) is 2.90. The molecule has 0 saturated heterocycles. The van der Waals surface area contributed by atoms with Gasteiger partial charge in [-0.1, -0.05) is 0 Å². The van der Waals surface area contributed by atoms with Crippen molar-refractivity contribution in [3.63, 3.8) is 0 Å². The van der Waals surface area contributed by atoms with E-state index >= 15 is 0 Å². The molecule has 1 aliphatic carbocycles. The van der Waals surface area contributed by atoms with Crippen LogP contribution < -0.4 is 9.47 Å². The summed E-state index contributed by atoms with van der Waals surface area (Å²) in [4.78, 5) is 13.3. The van der Waals surface area contributed by atoms with Gasteiger partial charge in [-0.05, 0) is 25.5 Å². The Bertz CT molecular complexity index is 907. The predicted octanol–water partition coefficient (Wildman–Crippen LogP) is 2.77. The molecule has 4 rings (SSSR count). The van der Waals surface area contributed by atoms with E-state index in [1.807, 2.05) is 32.3 Å². The average molecular weight is 351 g/mol. The molecule has 0 spiro atoms. The topological polar surface area (TPSA) is 75.0 Å². The molecule has 7 heteroatoms. The van der Waals surface area contributed by atoms with Crippen LogP contribution in [-0.2, 0) is 7.05 Å². The molecule has 1 aliphatic rings. The highest BCUT2D eigenvalue weighted by molar-refractivity contribution is 5.66. The molecule has 0 unspecified atom stereocenters. The molecule has 3 aromatic heterocycles. The number of rotatable bonds is 6. The van der Waals surface area contributed by atoms with Gasteiger partial charge in [-0.3, -0.25) is 9.67 Å². The van der Waals surface area contributed by atoms with E-state index in [1.165, 1.54) is 0 Å². The SMILES string of the molecule is COc1ccc([C@H]2C[C@@H]2COc2nc(C)ncc2-c2cnn(C)c2)nc1. The Labute approximate surface area is 152 Å². The molecule has 26 heavy (non-hydrogen) atoms. The maximum atomic E-state index is 6.06. The number of ether oxygens (including phenoxy) is 2. The zero-order valence-corrected chi connectivity index (χ0v) is 15.1. The minimum atomic E-state index is 0.436. The fourth-order valence-corrected chi connectivity index (χ4v) is 3.03. The van der Waals surface area contributed by atoms with Gasteiger partial charge in [0.2, 0.25) is 5.88 Å². The van der Waals surface area contributed by atoms with Gasteiger partial charge < -0.3 is 9.47 Å². The molecule has 0 radical (unpaired) electrons. The van der Waals surface area contributed by atoms with Gasteiger partial charge in [0.25, 0.3) is 0 Å². The van der Waals surface area contributed by atoms with Crippen molar-refractivity contribution in [2.45, 2.75) is 19.3 Å². The van der Waals surface area contributed by atoms with Crippen LogP contribution in [0, 0.1) is 12.8 Å². The molecule has 0 amide bonds. The molecule has 0 bridgehead atoms. The van der Waals surface area contributed by atoms with Gasteiger partial charge in [-0.25, -0.2) is 4.98 Å². The molecule has 0 N–H and O–H groups in total. The van der Waals surface area contributed by atoms with Crippen LogP contribution in [0.5, 0.6) is 11.6 Å². The summed E-state index contributed by atoms with van der Waals surface area (Å²) in [6.07, 6.45) is 8.36. The van der Waals surface area contributed by atoms with E-state index in [4.69, 9.17) is 9.47 Å². The van der Waals surface area contributed by atoms with Crippen molar-refractivity contribution in [1.82, 2.24) is 24.7 Å². The summed E-state index contributed by atoms with van der Waals surface area (Å²) >= 11 is 0. The Balaban J connectivity index is 1.44. The van der Waals surface area contributed by atoms with Gasteiger partial charge in [0, 0.05) is 42.5 Å². The molecule has 0 aliphatic heterocycles. The number of aryl methyl sites for hydroxylation is 2. The van der Waals surface area contributed by atoms with E-state index < -0.39 is 0 Å². The average Bonchev–Trinajstić information content (AvgIpc) is 3.31. The van der Waals surface area contributed by atoms with Crippen molar-refractivity contribution >= 4 is 0 Å². The quantitative estimate of drug-likeness (QED) is 0.680. The third-order valence-electron chi connectivity index (χ3n) is 4.62. The lowest BCUT2D eigenvalue weighted by molar-refractivity contribution is 0.285. The number of hydrogen-bond acceptors (Lipinski definition) is 6. The van der Waals surface area contributed by atoms with Crippen LogP contribution in [0.4, 0.5) is 0 Å². The van der Waals surface area contributed by atoms with Crippen molar-refractivity contribution < 1.29 is 9.47 Å². The molecule has 0 aromatic carbocycles. The van der Waals surface area contributed by atoms with Gasteiger partial charge in [0.05, 0.1) is 31.7 Å². The second-order valence-electron chi connectivity index (χ2n) is 6.57. The number of hydrogen-bond donors (Lipinski definition) is 0. The first-order valence-electron chi connectivity index (χ1n) is 8.59. The first-order valence-corrected chi connectivity index (χ1v) is 8.59. The second kappa shape index (κ2) is 6.74. The lowest BCUT2D eigenvalue weighted by Gasteiger charge is -2.09. The second-order valence-corrected chi connectivity index (χ2v) is 6.57. The van der Waals surface area contributed by atoms with Crippen LogP contribution in [0.1, 0.15) is 23.9 Å². The molecule has 1 saturated carbocycles. The van der Waals surface area contributed by atoms with E-state index in [2.05, 4.69) is 20.1 Å². The Morgan fingerprint density at radius 3 is 2.77 bits per heavy atom. The number of methoxy groups -OCH3 is 1. The lowest BCUT2D eigenvalue weighted by Crippen LogP contribution is -2.05. The van der Waals surface area contributed by atoms with Gasteiger partial charge in [-0.2, -0.15) is 10.1 Å². The molecule has 7 nitrogen and oxygen atoms in total. The van der Waals surface area contributed by atoms with Crippen molar-refractivity contribution in [3.8, 4) is 22.8 Å². The van der Waals surface area contributed by atoms with Gasteiger partial charge in [0.15, 0.2) is 0 Å². The Morgan fingerprint density at radius 1 is 1.19 bits per heavy atom. The maximum Gasteiger partial charge on any atom is 0.224 e. The van der Waals surface area contributed by atoms with E-state index in [1.54, 1.807) is 30.4 Å². The number of pyridine rings is 1. The Kier molecular flexibility index (Phi) is 4.28. The molecule has 134 valence electrons. The first-order chi connectivity index (χ1) is 12.6. The Hall–Kier alpha value is -2.96. The predicted molar refractivity (Wildman–Crippen MR) is 96.1 cm³/mol. The van der Waals surface area contributed by atoms with Crippen LogP contribution in [0.25, 0.3) is 11.1 Å². The highest BCUT2D eigenvalue weighted by Gasteiger charge is 2.40. The minimum absolute atomic E-state index is 0.436. The van der Waals surface area contributed by atoms with E-state index in [9.17, 15) is 0 Å². The summed E-state index contributed by atoms with van der Waals surface area (Å²) in [7, 11) is 3.53. The highest BCUT2D eigenvalue weighted by Crippen LogP contribution is 2.47. The summed E-state index contributed by atoms with van der Waals surface area (Å²) in [6, 6.07) is 3.98. The zero-order chi connectivity index (χ0) is 18.1. The normalized spacial score (nSPS) is 18.6. The maximum absolute atomic E-state index is 6.06. The number of nitrogens with zero attached hydrogens (tertiary/aromatic N) is 5. The van der Waals surface area contributed by atoms with Crippen LogP contribution in [0.2, 0.25) is 0 Å². The van der Waals surface area contributed by atoms with Crippen LogP contribution in [0.3, 0.4) is 0 Å². The number of aromatic nitrogens is 5. The molecular formula is C19H21N5O2.